The molecule has 80 valence electrons. The van der Waals surface area contributed by atoms with Crippen LogP contribution in [-0.2, 0) is 0 Å². The minimum atomic E-state index is -1.16. The van der Waals surface area contributed by atoms with Gasteiger partial charge < -0.3 is 5.11 Å². The molecule has 0 saturated carbocycles. The fraction of sp³-hybridized carbons (Fsp3) is 0. The first-order valence-electron chi connectivity index (χ1n) is 4.30. The van der Waals surface area contributed by atoms with E-state index in [1.54, 1.807) is 11.4 Å². The van der Waals surface area contributed by atoms with Gasteiger partial charge >= 0.3 is 5.97 Å². The van der Waals surface area contributed by atoms with Crippen LogP contribution >= 0.6 is 11.3 Å². The van der Waals surface area contributed by atoms with Crippen LogP contribution in [0.15, 0.2) is 23.8 Å². The van der Waals surface area contributed by atoms with E-state index < -0.39 is 5.97 Å². The van der Waals surface area contributed by atoms with Gasteiger partial charge in [0.2, 0.25) is 5.82 Å². The Morgan fingerprint density at radius 1 is 1.31 bits per heavy atom. The average Bonchev–Trinajstić information content (AvgIpc) is 2.77. The van der Waals surface area contributed by atoms with Crippen LogP contribution in [0.5, 0.6) is 0 Å². The summed E-state index contributed by atoms with van der Waals surface area (Å²) in [4.78, 5) is 29.0. The van der Waals surface area contributed by atoms with Gasteiger partial charge in [-0.2, -0.15) is 0 Å². The molecule has 5 nitrogen and oxygen atoms in total. The molecule has 0 bridgehead atoms. The first-order valence-corrected chi connectivity index (χ1v) is 5.18. The predicted octanol–water partition coefficient (Wildman–Crippen LogP) is 1.72. The van der Waals surface area contributed by atoms with Crippen molar-refractivity contribution < 1.29 is 14.7 Å². The predicted molar refractivity (Wildman–Crippen MR) is 57.7 cm³/mol. The molecule has 6 heteroatoms. The second-order valence-electron chi connectivity index (χ2n) is 2.96. The van der Waals surface area contributed by atoms with E-state index in [-0.39, 0.29) is 5.82 Å². The topological polar surface area (TPSA) is 80.2 Å². The first kappa shape index (κ1) is 10.4. The van der Waals surface area contributed by atoms with Crippen LogP contribution in [0.25, 0.3) is 11.1 Å². The SMILES string of the molecule is O=Cc1cc(-c2cnc(C(=O)O)nc2)cs1. The number of carboxylic acid groups (broad SMARTS) is 1. The molecule has 0 atom stereocenters. The Balaban J connectivity index is 2.34. The molecule has 0 unspecified atom stereocenters. The van der Waals surface area contributed by atoms with Gasteiger partial charge in [0.25, 0.3) is 0 Å². The summed E-state index contributed by atoms with van der Waals surface area (Å²) in [6.45, 7) is 0. The average molecular weight is 234 g/mol. The van der Waals surface area contributed by atoms with Crippen LogP contribution in [0.3, 0.4) is 0 Å². The number of aldehydes is 1. The molecule has 16 heavy (non-hydrogen) atoms. The van der Waals surface area contributed by atoms with Crippen molar-refractivity contribution in [2.75, 3.05) is 0 Å². The van der Waals surface area contributed by atoms with Crippen molar-refractivity contribution >= 4 is 23.6 Å². The largest absolute Gasteiger partial charge is 0.475 e. The third-order valence-electron chi connectivity index (χ3n) is 1.91. The minimum Gasteiger partial charge on any atom is -0.475 e. The van der Waals surface area contributed by atoms with Gasteiger partial charge in [-0.15, -0.1) is 11.3 Å². The summed E-state index contributed by atoms with van der Waals surface area (Å²) in [5.74, 6) is -1.40. The molecule has 0 spiro atoms. The van der Waals surface area contributed by atoms with Crippen molar-refractivity contribution in [3.8, 4) is 11.1 Å². The second-order valence-corrected chi connectivity index (χ2v) is 3.90. The van der Waals surface area contributed by atoms with Gasteiger partial charge in [-0.1, -0.05) is 0 Å². The van der Waals surface area contributed by atoms with Crippen LogP contribution in [0.2, 0.25) is 0 Å². The van der Waals surface area contributed by atoms with E-state index in [4.69, 9.17) is 5.11 Å². The van der Waals surface area contributed by atoms with Crippen molar-refractivity contribution in [2.24, 2.45) is 0 Å². The highest BCUT2D eigenvalue weighted by atomic mass is 32.1. The lowest BCUT2D eigenvalue weighted by molar-refractivity contribution is 0.0683. The lowest BCUT2D eigenvalue weighted by Crippen LogP contribution is -2.02. The van der Waals surface area contributed by atoms with Gasteiger partial charge in [0.1, 0.15) is 0 Å². The minimum absolute atomic E-state index is 0.241. The molecule has 2 aromatic heterocycles. The van der Waals surface area contributed by atoms with Crippen molar-refractivity contribution in [3.05, 3.63) is 34.5 Å². The van der Waals surface area contributed by atoms with E-state index in [1.165, 1.54) is 23.7 Å². The highest BCUT2D eigenvalue weighted by Gasteiger charge is 2.07. The first-order chi connectivity index (χ1) is 7.70. The molecular weight excluding hydrogens is 228 g/mol. The summed E-state index contributed by atoms with van der Waals surface area (Å²) < 4.78 is 0. The van der Waals surface area contributed by atoms with Crippen molar-refractivity contribution in [2.45, 2.75) is 0 Å². The molecule has 2 rings (SSSR count). The second kappa shape index (κ2) is 4.19. The number of hydrogen-bond donors (Lipinski definition) is 1. The Kier molecular flexibility index (Phi) is 2.74. The zero-order valence-corrected chi connectivity index (χ0v) is 8.77. The molecule has 2 aromatic rings. The Morgan fingerprint density at radius 3 is 2.50 bits per heavy atom. The molecule has 0 amide bonds. The summed E-state index contributed by atoms with van der Waals surface area (Å²) >= 11 is 1.31. The molecular formula is C10H6N2O3S. The quantitative estimate of drug-likeness (QED) is 0.818. The van der Waals surface area contributed by atoms with Gasteiger partial charge in [-0.25, -0.2) is 14.8 Å². The fourth-order valence-electron chi connectivity index (χ4n) is 1.15. The zero-order chi connectivity index (χ0) is 11.5. The lowest BCUT2D eigenvalue weighted by Gasteiger charge is -1.96. The number of carbonyl (C=O) groups excluding carboxylic acids is 1. The van der Waals surface area contributed by atoms with E-state index in [9.17, 15) is 9.59 Å². The summed E-state index contributed by atoms with van der Waals surface area (Å²) in [5.41, 5.74) is 1.50. The number of aromatic carboxylic acids is 1. The summed E-state index contributed by atoms with van der Waals surface area (Å²) in [7, 11) is 0. The summed E-state index contributed by atoms with van der Waals surface area (Å²) in [5, 5.41) is 10.4. The highest BCUT2D eigenvalue weighted by Crippen LogP contribution is 2.23. The van der Waals surface area contributed by atoms with Gasteiger partial charge in [-0.05, 0) is 17.0 Å². The Morgan fingerprint density at radius 2 is 2.00 bits per heavy atom. The monoisotopic (exact) mass is 234 g/mol. The van der Waals surface area contributed by atoms with Crippen LogP contribution in [0.1, 0.15) is 20.3 Å². The van der Waals surface area contributed by atoms with Gasteiger partial charge in [0, 0.05) is 18.0 Å². The van der Waals surface area contributed by atoms with Crippen molar-refractivity contribution in [1.29, 1.82) is 0 Å². The van der Waals surface area contributed by atoms with Crippen LogP contribution < -0.4 is 0 Å². The van der Waals surface area contributed by atoms with E-state index in [1.807, 2.05) is 0 Å². The summed E-state index contributed by atoms with van der Waals surface area (Å²) in [6, 6.07) is 1.71. The number of aromatic nitrogens is 2. The van der Waals surface area contributed by atoms with Crippen LogP contribution in [0, 0.1) is 0 Å². The Hall–Kier alpha value is -2.08. The molecule has 0 saturated heterocycles. The number of rotatable bonds is 3. The molecule has 2 heterocycles. The number of carboxylic acids is 1. The van der Waals surface area contributed by atoms with Crippen LogP contribution in [-0.4, -0.2) is 27.3 Å². The fourth-order valence-corrected chi connectivity index (χ4v) is 1.87. The maximum absolute atomic E-state index is 10.5. The number of nitrogens with zero attached hydrogens (tertiary/aromatic N) is 2. The molecule has 0 aliphatic heterocycles. The van der Waals surface area contributed by atoms with Crippen molar-refractivity contribution in [3.63, 3.8) is 0 Å². The molecule has 1 N–H and O–H groups in total. The zero-order valence-electron chi connectivity index (χ0n) is 7.95. The summed E-state index contributed by atoms with van der Waals surface area (Å²) in [6.07, 6.45) is 3.61. The smallest absolute Gasteiger partial charge is 0.373 e. The number of thiophene rings is 1. The number of carbonyl (C=O) groups is 2. The van der Waals surface area contributed by atoms with Gasteiger partial charge in [0.15, 0.2) is 6.29 Å². The third kappa shape index (κ3) is 1.96. The Labute approximate surface area is 94.4 Å². The van der Waals surface area contributed by atoms with Gasteiger partial charge in [-0.3, -0.25) is 4.79 Å². The normalized spacial score (nSPS) is 10.0. The molecule has 0 aromatic carbocycles. The molecule has 0 radical (unpaired) electrons. The maximum Gasteiger partial charge on any atom is 0.373 e. The third-order valence-corrected chi connectivity index (χ3v) is 2.77. The Bertz CT molecular complexity index is 533. The molecule has 0 aliphatic rings. The van der Waals surface area contributed by atoms with E-state index in [0.717, 1.165) is 11.8 Å². The maximum atomic E-state index is 10.5. The van der Waals surface area contributed by atoms with E-state index in [2.05, 4.69) is 9.97 Å². The standard InChI is InChI=1S/C10H6N2O3S/c13-4-8-1-6(5-16-8)7-2-11-9(10(14)15)12-3-7/h1-5H,(H,14,15). The molecule has 0 aliphatic carbocycles. The van der Waals surface area contributed by atoms with Crippen LogP contribution in [0.4, 0.5) is 0 Å². The highest BCUT2D eigenvalue weighted by molar-refractivity contribution is 7.12. The van der Waals surface area contributed by atoms with E-state index in [0.29, 0.717) is 10.4 Å². The molecule has 0 fully saturated rings. The van der Waals surface area contributed by atoms with Gasteiger partial charge in [0.05, 0.1) is 4.88 Å². The lowest BCUT2D eigenvalue weighted by atomic mass is 10.2. The van der Waals surface area contributed by atoms with E-state index >= 15 is 0 Å². The van der Waals surface area contributed by atoms with Crippen molar-refractivity contribution in [1.82, 2.24) is 9.97 Å². The number of hydrogen-bond acceptors (Lipinski definition) is 5.